The maximum Gasteiger partial charge on any atom is 0.437 e. The summed E-state index contributed by atoms with van der Waals surface area (Å²) in [6.07, 6.45) is 0. The number of nitrogens with zero attached hydrogens (tertiary/aromatic N) is 2. The largest absolute Gasteiger partial charge is 0.495 e. The van der Waals surface area contributed by atoms with Gasteiger partial charge in [0.05, 0.1) is 12.8 Å². The molecular formula is C20H17ClFN3O6. The third-order valence-electron chi connectivity index (χ3n) is 4.10. The zero-order chi connectivity index (χ0) is 22.5. The Morgan fingerprint density at radius 1 is 1.26 bits per heavy atom. The molecule has 0 spiro atoms. The lowest BCUT2D eigenvalue weighted by Gasteiger charge is -2.12. The number of halogens is 2. The Morgan fingerprint density at radius 2 is 1.97 bits per heavy atom. The predicted octanol–water partition coefficient (Wildman–Crippen LogP) is 2.79. The maximum atomic E-state index is 13.0. The second-order valence-electron chi connectivity index (χ2n) is 6.35. The van der Waals surface area contributed by atoms with Gasteiger partial charge in [0, 0.05) is 16.7 Å². The van der Waals surface area contributed by atoms with Crippen molar-refractivity contribution in [2.45, 2.75) is 13.5 Å². The molecule has 0 saturated heterocycles. The molecule has 1 amide bonds. The standard InChI is InChI=1S/C20H17ClFN3O6/c1-11-7-15(16(29-2)8-14(11)21)23-17(26)10-30-18(27)9-25-20(28)31-19(24-25)12-3-5-13(22)6-4-12/h3-8H,9-10H2,1-2H3,(H,23,26). The Kier molecular flexibility index (Phi) is 6.71. The first-order valence-corrected chi connectivity index (χ1v) is 9.28. The van der Waals surface area contributed by atoms with Crippen molar-refractivity contribution in [3.63, 3.8) is 0 Å². The van der Waals surface area contributed by atoms with Gasteiger partial charge in [-0.1, -0.05) is 11.6 Å². The quantitative estimate of drug-likeness (QED) is 0.552. The molecule has 0 radical (unpaired) electrons. The number of benzene rings is 2. The van der Waals surface area contributed by atoms with E-state index >= 15 is 0 Å². The molecule has 0 aliphatic heterocycles. The highest BCUT2D eigenvalue weighted by Gasteiger charge is 2.16. The van der Waals surface area contributed by atoms with E-state index in [1.165, 1.54) is 31.4 Å². The van der Waals surface area contributed by atoms with Crippen LogP contribution in [0.3, 0.4) is 0 Å². The van der Waals surface area contributed by atoms with E-state index in [1.54, 1.807) is 19.1 Å². The van der Waals surface area contributed by atoms with E-state index in [4.69, 9.17) is 25.5 Å². The number of carbonyl (C=O) groups excluding carboxylic acids is 2. The van der Waals surface area contributed by atoms with Crippen LogP contribution in [0.5, 0.6) is 5.75 Å². The van der Waals surface area contributed by atoms with Gasteiger partial charge in [-0.15, -0.1) is 5.10 Å². The molecule has 3 aromatic rings. The average Bonchev–Trinajstić information content (AvgIpc) is 3.09. The summed E-state index contributed by atoms with van der Waals surface area (Å²) >= 11 is 6.02. The lowest BCUT2D eigenvalue weighted by Crippen LogP contribution is -2.26. The van der Waals surface area contributed by atoms with Crippen LogP contribution in [0.15, 0.2) is 45.6 Å². The van der Waals surface area contributed by atoms with Crippen LogP contribution >= 0.6 is 11.6 Å². The number of esters is 1. The number of aromatic nitrogens is 2. The number of nitrogens with one attached hydrogen (secondary N) is 1. The summed E-state index contributed by atoms with van der Waals surface area (Å²) in [6.45, 7) is 0.592. The van der Waals surface area contributed by atoms with Crippen LogP contribution in [0.1, 0.15) is 5.56 Å². The molecule has 2 aromatic carbocycles. The van der Waals surface area contributed by atoms with Crippen molar-refractivity contribution in [3.05, 3.63) is 63.4 Å². The fourth-order valence-corrected chi connectivity index (χ4v) is 2.70. The molecule has 0 atom stereocenters. The zero-order valence-electron chi connectivity index (χ0n) is 16.5. The van der Waals surface area contributed by atoms with Crippen molar-refractivity contribution in [2.24, 2.45) is 0 Å². The van der Waals surface area contributed by atoms with Crippen LogP contribution in [0.4, 0.5) is 10.1 Å². The summed E-state index contributed by atoms with van der Waals surface area (Å²) in [5.41, 5.74) is 1.44. The number of carbonyl (C=O) groups is 2. The van der Waals surface area contributed by atoms with E-state index in [0.717, 1.165) is 10.2 Å². The second kappa shape index (κ2) is 9.43. The van der Waals surface area contributed by atoms with Crippen LogP contribution in [0.2, 0.25) is 5.02 Å². The van der Waals surface area contributed by atoms with Gasteiger partial charge in [0.25, 0.3) is 5.91 Å². The number of ether oxygens (including phenoxy) is 2. The van der Waals surface area contributed by atoms with Crippen molar-refractivity contribution >= 4 is 29.2 Å². The molecule has 0 saturated carbocycles. The molecule has 1 heterocycles. The van der Waals surface area contributed by atoms with Gasteiger partial charge >= 0.3 is 11.7 Å². The number of hydrogen-bond acceptors (Lipinski definition) is 7. The third kappa shape index (κ3) is 5.48. The molecule has 0 unspecified atom stereocenters. The highest BCUT2D eigenvalue weighted by molar-refractivity contribution is 6.31. The van der Waals surface area contributed by atoms with Gasteiger partial charge in [0.15, 0.2) is 6.61 Å². The normalized spacial score (nSPS) is 10.6. The van der Waals surface area contributed by atoms with E-state index in [-0.39, 0.29) is 5.89 Å². The van der Waals surface area contributed by atoms with Crippen LogP contribution in [0.25, 0.3) is 11.5 Å². The summed E-state index contributed by atoms with van der Waals surface area (Å²) in [6, 6.07) is 8.28. The minimum absolute atomic E-state index is 0.0826. The minimum Gasteiger partial charge on any atom is -0.495 e. The Bertz CT molecular complexity index is 1170. The van der Waals surface area contributed by atoms with Gasteiger partial charge in [0.2, 0.25) is 5.89 Å². The first-order valence-electron chi connectivity index (χ1n) is 8.90. The summed E-state index contributed by atoms with van der Waals surface area (Å²) in [4.78, 5) is 36.0. The molecule has 3 rings (SSSR count). The second-order valence-corrected chi connectivity index (χ2v) is 6.76. The van der Waals surface area contributed by atoms with E-state index < -0.39 is 36.6 Å². The van der Waals surface area contributed by atoms with Crippen molar-refractivity contribution in [2.75, 3.05) is 19.0 Å². The van der Waals surface area contributed by atoms with Crippen molar-refractivity contribution < 1.29 is 27.9 Å². The summed E-state index contributed by atoms with van der Waals surface area (Å²) in [7, 11) is 1.42. The fraction of sp³-hybridized carbons (Fsp3) is 0.200. The monoisotopic (exact) mass is 449 g/mol. The van der Waals surface area contributed by atoms with E-state index in [0.29, 0.717) is 22.0 Å². The number of rotatable bonds is 7. The number of amides is 1. The smallest absolute Gasteiger partial charge is 0.437 e. The van der Waals surface area contributed by atoms with Crippen LogP contribution in [-0.2, 0) is 20.9 Å². The number of aryl methyl sites for hydroxylation is 1. The molecule has 0 fully saturated rings. The Labute approximate surface area is 180 Å². The molecule has 0 aliphatic rings. The van der Waals surface area contributed by atoms with E-state index in [2.05, 4.69) is 10.4 Å². The van der Waals surface area contributed by atoms with Gasteiger partial charge in [-0.2, -0.15) is 4.68 Å². The van der Waals surface area contributed by atoms with Gasteiger partial charge in [-0.25, -0.2) is 9.18 Å². The Balaban J connectivity index is 1.58. The summed E-state index contributed by atoms with van der Waals surface area (Å²) in [5.74, 6) is -2.59. The first kappa shape index (κ1) is 22.0. The van der Waals surface area contributed by atoms with Crippen molar-refractivity contribution in [1.29, 1.82) is 0 Å². The first-order chi connectivity index (χ1) is 14.8. The molecule has 1 aromatic heterocycles. The minimum atomic E-state index is -0.901. The van der Waals surface area contributed by atoms with Crippen LogP contribution < -0.4 is 15.8 Å². The number of hydrogen-bond donors (Lipinski definition) is 1. The Hall–Kier alpha value is -3.66. The molecular weight excluding hydrogens is 433 g/mol. The fourth-order valence-electron chi connectivity index (χ4n) is 2.55. The molecule has 1 N–H and O–H groups in total. The Morgan fingerprint density at radius 3 is 2.65 bits per heavy atom. The molecule has 31 heavy (non-hydrogen) atoms. The average molecular weight is 450 g/mol. The number of anilines is 1. The molecule has 162 valence electrons. The van der Waals surface area contributed by atoms with Gasteiger partial charge in [-0.3, -0.25) is 9.59 Å². The number of methoxy groups -OCH3 is 1. The molecule has 0 aliphatic carbocycles. The zero-order valence-corrected chi connectivity index (χ0v) is 17.2. The topological polar surface area (TPSA) is 113 Å². The molecule has 11 heteroatoms. The van der Waals surface area contributed by atoms with Gasteiger partial charge in [-0.05, 0) is 42.8 Å². The van der Waals surface area contributed by atoms with Gasteiger partial charge in [0.1, 0.15) is 18.1 Å². The van der Waals surface area contributed by atoms with Crippen molar-refractivity contribution in [3.8, 4) is 17.2 Å². The van der Waals surface area contributed by atoms with Gasteiger partial charge < -0.3 is 19.2 Å². The SMILES string of the molecule is COc1cc(Cl)c(C)cc1NC(=O)COC(=O)Cn1nc(-c2ccc(F)cc2)oc1=O. The third-order valence-corrected chi connectivity index (χ3v) is 4.50. The molecule has 9 nitrogen and oxygen atoms in total. The predicted molar refractivity (Wildman–Crippen MR) is 108 cm³/mol. The maximum absolute atomic E-state index is 13.0. The molecule has 0 bridgehead atoms. The summed E-state index contributed by atoms with van der Waals surface area (Å²) in [5, 5.41) is 6.90. The van der Waals surface area contributed by atoms with Crippen LogP contribution in [-0.4, -0.2) is 35.4 Å². The highest BCUT2D eigenvalue weighted by atomic mass is 35.5. The van der Waals surface area contributed by atoms with E-state index in [9.17, 15) is 18.8 Å². The lowest BCUT2D eigenvalue weighted by atomic mass is 10.2. The van der Waals surface area contributed by atoms with Crippen LogP contribution in [0, 0.1) is 12.7 Å². The van der Waals surface area contributed by atoms with E-state index in [1.807, 2.05) is 0 Å². The lowest BCUT2D eigenvalue weighted by molar-refractivity contribution is -0.148. The van der Waals surface area contributed by atoms with Crippen molar-refractivity contribution in [1.82, 2.24) is 9.78 Å². The highest BCUT2D eigenvalue weighted by Crippen LogP contribution is 2.30. The summed E-state index contributed by atoms with van der Waals surface area (Å²) < 4.78 is 28.7.